The monoisotopic (exact) mass is 376 g/mol. The molecule has 1 aliphatic heterocycles. The number of aliphatic hydroxyl groups excluding tert-OH is 1. The van der Waals surface area contributed by atoms with E-state index in [0.29, 0.717) is 47.8 Å². The van der Waals surface area contributed by atoms with Crippen LogP contribution in [0, 0.1) is 12.7 Å². The molecule has 1 fully saturated rings. The second kappa shape index (κ2) is 8.06. The first-order valence-corrected chi connectivity index (χ1v) is 9.09. The highest BCUT2D eigenvalue weighted by Gasteiger charge is 2.24. The van der Waals surface area contributed by atoms with Crippen LogP contribution in [0.1, 0.15) is 34.3 Å². The van der Waals surface area contributed by atoms with Crippen LogP contribution in [0.25, 0.3) is 0 Å². The van der Waals surface area contributed by atoms with Gasteiger partial charge in [-0.25, -0.2) is 4.39 Å². The number of halogens is 2. The summed E-state index contributed by atoms with van der Waals surface area (Å²) < 4.78 is 14.0. The van der Waals surface area contributed by atoms with E-state index in [4.69, 9.17) is 11.6 Å². The molecule has 0 spiro atoms. The quantitative estimate of drug-likeness (QED) is 0.848. The van der Waals surface area contributed by atoms with E-state index in [0.717, 1.165) is 5.56 Å². The summed E-state index contributed by atoms with van der Waals surface area (Å²) in [6, 6.07) is 10.1. The van der Waals surface area contributed by atoms with Gasteiger partial charge >= 0.3 is 0 Å². The van der Waals surface area contributed by atoms with Crippen LogP contribution < -0.4 is 5.32 Å². The summed E-state index contributed by atoms with van der Waals surface area (Å²) in [7, 11) is 0. The van der Waals surface area contributed by atoms with E-state index < -0.39 is 0 Å². The molecule has 0 aromatic heterocycles. The van der Waals surface area contributed by atoms with Gasteiger partial charge in [0.25, 0.3) is 5.91 Å². The lowest BCUT2D eigenvalue weighted by Gasteiger charge is -2.30. The average molecular weight is 377 g/mol. The molecule has 0 radical (unpaired) electrons. The van der Waals surface area contributed by atoms with Crippen molar-refractivity contribution in [1.29, 1.82) is 0 Å². The molecule has 2 aromatic rings. The lowest BCUT2D eigenvalue weighted by atomic mass is 10.0. The fourth-order valence-electron chi connectivity index (χ4n) is 3.20. The number of carbonyl (C=O) groups excluding carboxylic acids is 1. The number of carbonyl (C=O) groups is 1. The Labute approximate surface area is 157 Å². The third-order valence-corrected chi connectivity index (χ3v) is 5.11. The lowest BCUT2D eigenvalue weighted by Crippen LogP contribution is -2.40. The zero-order valence-corrected chi connectivity index (χ0v) is 15.4. The molecular weight excluding hydrogens is 355 g/mol. The van der Waals surface area contributed by atoms with Crippen molar-refractivity contribution < 1.29 is 14.3 Å². The summed E-state index contributed by atoms with van der Waals surface area (Å²) in [4.78, 5) is 14.7. The van der Waals surface area contributed by atoms with Gasteiger partial charge in [-0.3, -0.25) is 4.79 Å². The first-order valence-electron chi connectivity index (χ1n) is 8.71. The number of para-hydroxylation sites is 1. The normalized spacial score (nSPS) is 15.2. The maximum atomic E-state index is 14.0. The van der Waals surface area contributed by atoms with Gasteiger partial charge in [-0.15, -0.1) is 0 Å². The molecule has 0 unspecified atom stereocenters. The van der Waals surface area contributed by atoms with Crippen molar-refractivity contribution in [2.45, 2.75) is 32.4 Å². The SMILES string of the molecule is Cc1cccc(C(=O)N2CCC(O)CC2)c1NCc1c(F)cccc1Cl. The number of hydrogen-bond donors (Lipinski definition) is 2. The third-order valence-electron chi connectivity index (χ3n) is 4.76. The minimum Gasteiger partial charge on any atom is -0.393 e. The molecule has 0 bridgehead atoms. The first-order chi connectivity index (χ1) is 12.5. The minimum atomic E-state index is -0.378. The van der Waals surface area contributed by atoms with Gasteiger partial charge < -0.3 is 15.3 Å². The molecule has 0 aliphatic carbocycles. The highest BCUT2D eigenvalue weighted by Crippen LogP contribution is 2.26. The van der Waals surface area contributed by atoms with Gasteiger partial charge in [0, 0.05) is 30.2 Å². The maximum Gasteiger partial charge on any atom is 0.255 e. The van der Waals surface area contributed by atoms with Crippen LogP contribution >= 0.6 is 11.6 Å². The lowest BCUT2D eigenvalue weighted by molar-refractivity contribution is 0.0547. The second-order valence-corrected chi connectivity index (χ2v) is 6.98. The van der Waals surface area contributed by atoms with E-state index in [-0.39, 0.29) is 24.4 Å². The number of likely N-dealkylation sites (tertiary alicyclic amines) is 1. The van der Waals surface area contributed by atoms with Crippen molar-refractivity contribution in [3.8, 4) is 0 Å². The molecule has 26 heavy (non-hydrogen) atoms. The van der Waals surface area contributed by atoms with Crippen LogP contribution in [0.15, 0.2) is 36.4 Å². The number of hydrogen-bond acceptors (Lipinski definition) is 3. The van der Waals surface area contributed by atoms with Crippen LogP contribution in [0.3, 0.4) is 0 Å². The summed E-state index contributed by atoms with van der Waals surface area (Å²) in [5.41, 5.74) is 2.51. The van der Waals surface area contributed by atoms with Crippen LogP contribution in [-0.4, -0.2) is 35.1 Å². The third kappa shape index (κ3) is 4.00. The Kier molecular flexibility index (Phi) is 5.79. The number of aliphatic hydroxyl groups is 1. The smallest absolute Gasteiger partial charge is 0.255 e. The van der Waals surface area contributed by atoms with Gasteiger partial charge in [0.1, 0.15) is 5.82 Å². The Hall–Kier alpha value is -2.11. The Morgan fingerprint density at radius 2 is 1.96 bits per heavy atom. The Bertz CT molecular complexity index is 784. The van der Waals surface area contributed by atoms with E-state index >= 15 is 0 Å². The van der Waals surface area contributed by atoms with Crippen LogP contribution in [0.5, 0.6) is 0 Å². The number of aryl methyl sites for hydroxylation is 1. The van der Waals surface area contributed by atoms with Crippen molar-refractivity contribution in [3.63, 3.8) is 0 Å². The predicted molar refractivity (Wildman–Crippen MR) is 101 cm³/mol. The Balaban J connectivity index is 1.82. The molecule has 1 aliphatic rings. The van der Waals surface area contributed by atoms with Gasteiger partial charge in [-0.05, 0) is 43.5 Å². The highest BCUT2D eigenvalue weighted by atomic mass is 35.5. The van der Waals surface area contributed by atoms with Crippen molar-refractivity contribution in [1.82, 2.24) is 4.90 Å². The first kappa shape index (κ1) is 18.7. The van der Waals surface area contributed by atoms with Gasteiger partial charge in [0.2, 0.25) is 0 Å². The number of piperidine rings is 1. The van der Waals surface area contributed by atoms with E-state index in [1.807, 2.05) is 19.1 Å². The van der Waals surface area contributed by atoms with E-state index in [1.165, 1.54) is 6.07 Å². The number of rotatable bonds is 4. The summed E-state index contributed by atoms with van der Waals surface area (Å²) >= 11 is 6.09. The molecule has 2 N–H and O–H groups in total. The molecule has 2 aromatic carbocycles. The van der Waals surface area contributed by atoms with E-state index in [1.54, 1.807) is 23.1 Å². The summed E-state index contributed by atoms with van der Waals surface area (Å²) in [6.07, 6.45) is 0.841. The van der Waals surface area contributed by atoms with Crippen molar-refractivity contribution in [2.24, 2.45) is 0 Å². The molecule has 6 heteroatoms. The fourth-order valence-corrected chi connectivity index (χ4v) is 3.43. The van der Waals surface area contributed by atoms with Gasteiger partial charge in [0.05, 0.1) is 17.4 Å². The highest BCUT2D eigenvalue weighted by molar-refractivity contribution is 6.31. The van der Waals surface area contributed by atoms with Crippen LogP contribution in [0.4, 0.5) is 10.1 Å². The zero-order chi connectivity index (χ0) is 18.7. The molecule has 1 amide bonds. The maximum absolute atomic E-state index is 14.0. The van der Waals surface area contributed by atoms with E-state index in [9.17, 15) is 14.3 Å². The molecule has 3 rings (SSSR count). The number of benzene rings is 2. The molecule has 0 saturated carbocycles. The molecule has 138 valence electrons. The summed E-state index contributed by atoms with van der Waals surface area (Å²) in [6.45, 7) is 3.16. The number of amides is 1. The summed E-state index contributed by atoms with van der Waals surface area (Å²) in [5.74, 6) is -0.459. The minimum absolute atomic E-state index is 0.0808. The average Bonchev–Trinajstić information content (AvgIpc) is 2.62. The Morgan fingerprint density at radius 3 is 2.65 bits per heavy atom. The van der Waals surface area contributed by atoms with Gasteiger partial charge in [-0.2, -0.15) is 0 Å². The zero-order valence-electron chi connectivity index (χ0n) is 14.6. The standard InChI is InChI=1S/C20H22ClFN2O2/c1-13-4-2-5-15(20(26)24-10-8-14(25)9-11-24)19(13)23-12-16-17(21)6-3-7-18(16)22/h2-7,14,23,25H,8-12H2,1H3. The number of anilines is 1. The Morgan fingerprint density at radius 1 is 1.27 bits per heavy atom. The largest absolute Gasteiger partial charge is 0.393 e. The topological polar surface area (TPSA) is 52.6 Å². The molecule has 1 heterocycles. The van der Waals surface area contributed by atoms with Crippen molar-refractivity contribution >= 4 is 23.2 Å². The van der Waals surface area contributed by atoms with E-state index in [2.05, 4.69) is 5.32 Å². The molecular formula is C20H22ClFN2O2. The summed E-state index contributed by atoms with van der Waals surface area (Å²) in [5, 5.41) is 13.2. The second-order valence-electron chi connectivity index (χ2n) is 6.57. The molecule has 4 nitrogen and oxygen atoms in total. The van der Waals surface area contributed by atoms with Crippen molar-refractivity contribution in [3.05, 3.63) is 63.9 Å². The molecule has 1 saturated heterocycles. The predicted octanol–water partition coefficient (Wildman–Crippen LogP) is 4.00. The van der Waals surface area contributed by atoms with Gasteiger partial charge in [0.15, 0.2) is 0 Å². The van der Waals surface area contributed by atoms with Gasteiger partial charge in [-0.1, -0.05) is 29.8 Å². The van der Waals surface area contributed by atoms with Crippen molar-refractivity contribution in [2.75, 3.05) is 18.4 Å². The fraction of sp³-hybridized carbons (Fsp3) is 0.350. The number of nitrogens with one attached hydrogen (secondary N) is 1. The van der Waals surface area contributed by atoms with Crippen LogP contribution in [0.2, 0.25) is 5.02 Å². The molecule has 0 atom stereocenters. The number of nitrogens with zero attached hydrogens (tertiary/aromatic N) is 1. The van der Waals surface area contributed by atoms with Crippen LogP contribution in [-0.2, 0) is 6.54 Å².